The monoisotopic (exact) mass is 238 g/mol. The van der Waals surface area contributed by atoms with E-state index >= 15 is 0 Å². The number of aliphatic hydroxyl groups excluding tert-OH is 1. The molecule has 4 heteroatoms. The smallest absolute Gasteiger partial charge is 0.117 e. The molecule has 1 aromatic heterocycles. The summed E-state index contributed by atoms with van der Waals surface area (Å²) < 4.78 is 5.41. The van der Waals surface area contributed by atoms with Gasteiger partial charge in [0.05, 0.1) is 12.8 Å². The summed E-state index contributed by atoms with van der Waals surface area (Å²) in [4.78, 5) is 2.43. The van der Waals surface area contributed by atoms with Gasteiger partial charge in [0.25, 0.3) is 0 Å². The lowest BCUT2D eigenvalue weighted by molar-refractivity contribution is 0.170. The normalized spacial score (nSPS) is 26.9. The van der Waals surface area contributed by atoms with E-state index in [2.05, 4.69) is 17.1 Å². The van der Waals surface area contributed by atoms with E-state index in [4.69, 9.17) is 9.52 Å². The zero-order valence-electron chi connectivity index (χ0n) is 10.4. The van der Waals surface area contributed by atoms with E-state index in [-0.39, 0.29) is 6.61 Å². The first-order valence-corrected chi connectivity index (χ1v) is 6.40. The van der Waals surface area contributed by atoms with E-state index in [1.807, 2.05) is 12.1 Å². The van der Waals surface area contributed by atoms with Crippen molar-refractivity contribution < 1.29 is 9.52 Å². The summed E-state index contributed by atoms with van der Waals surface area (Å²) in [6, 6.07) is 4.89. The maximum Gasteiger partial charge on any atom is 0.117 e. The molecule has 0 radical (unpaired) electrons. The van der Waals surface area contributed by atoms with Crippen LogP contribution >= 0.6 is 0 Å². The minimum Gasteiger partial charge on any atom is -0.468 e. The van der Waals surface area contributed by atoms with Gasteiger partial charge in [-0.1, -0.05) is 0 Å². The molecule has 0 amide bonds. The first-order valence-electron chi connectivity index (χ1n) is 6.40. The summed E-state index contributed by atoms with van der Waals surface area (Å²) in [5, 5.41) is 12.5. The Morgan fingerprint density at radius 1 is 1.59 bits per heavy atom. The molecule has 2 rings (SSSR count). The number of hydrogen-bond donors (Lipinski definition) is 2. The lowest BCUT2D eigenvalue weighted by Gasteiger charge is -2.28. The van der Waals surface area contributed by atoms with E-state index in [9.17, 15) is 0 Å². The highest BCUT2D eigenvalue weighted by atomic mass is 16.3. The van der Waals surface area contributed by atoms with Crippen molar-refractivity contribution in [3.63, 3.8) is 0 Å². The van der Waals surface area contributed by atoms with Crippen molar-refractivity contribution in [2.75, 3.05) is 19.7 Å². The SMILES string of the molecule is CC1CCNC(CCO)CN1Cc1ccco1. The Labute approximate surface area is 103 Å². The molecule has 0 spiro atoms. The lowest BCUT2D eigenvalue weighted by Crippen LogP contribution is -2.40. The molecule has 1 aromatic rings. The fourth-order valence-corrected chi connectivity index (χ4v) is 2.38. The third-order valence-electron chi connectivity index (χ3n) is 3.49. The van der Waals surface area contributed by atoms with Crippen molar-refractivity contribution >= 4 is 0 Å². The Balaban J connectivity index is 1.96. The third kappa shape index (κ3) is 3.56. The molecule has 2 N–H and O–H groups in total. The van der Waals surface area contributed by atoms with Crippen LogP contribution in [0.4, 0.5) is 0 Å². The third-order valence-corrected chi connectivity index (χ3v) is 3.49. The molecule has 0 saturated carbocycles. The van der Waals surface area contributed by atoms with Gasteiger partial charge in [0.1, 0.15) is 5.76 Å². The second kappa shape index (κ2) is 6.19. The first-order chi connectivity index (χ1) is 8.29. The summed E-state index contributed by atoms with van der Waals surface area (Å²) in [6.45, 7) is 5.37. The summed E-state index contributed by atoms with van der Waals surface area (Å²) >= 11 is 0. The fourth-order valence-electron chi connectivity index (χ4n) is 2.38. The number of rotatable bonds is 4. The van der Waals surface area contributed by atoms with Crippen LogP contribution in [-0.2, 0) is 6.54 Å². The van der Waals surface area contributed by atoms with Crippen LogP contribution in [0.25, 0.3) is 0 Å². The van der Waals surface area contributed by atoms with Gasteiger partial charge in [-0.25, -0.2) is 0 Å². The molecule has 1 saturated heterocycles. The number of nitrogens with zero attached hydrogens (tertiary/aromatic N) is 1. The molecular formula is C13H22N2O2. The second-order valence-corrected chi connectivity index (χ2v) is 4.81. The molecule has 1 aliphatic rings. The van der Waals surface area contributed by atoms with Gasteiger partial charge in [-0.2, -0.15) is 0 Å². The van der Waals surface area contributed by atoms with Crippen LogP contribution < -0.4 is 5.32 Å². The first kappa shape index (κ1) is 12.6. The van der Waals surface area contributed by atoms with Gasteiger partial charge in [0, 0.05) is 25.2 Å². The Hall–Kier alpha value is -0.840. The van der Waals surface area contributed by atoms with Crippen LogP contribution in [-0.4, -0.2) is 41.8 Å². The Morgan fingerprint density at radius 2 is 2.47 bits per heavy atom. The number of nitrogens with one attached hydrogen (secondary N) is 1. The molecule has 1 fully saturated rings. The van der Waals surface area contributed by atoms with E-state index in [1.54, 1.807) is 6.26 Å². The van der Waals surface area contributed by atoms with Crippen molar-refractivity contribution in [1.82, 2.24) is 10.2 Å². The number of aliphatic hydroxyl groups is 1. The molecule has 4 nitrogen and oxygen atoms in total. The van der Waals surface area contributed by atoms with Gasteiger partial charge >= 0.3 is 0 Å². The van der Waals surface area contributed by atoms with Crippen LogP contribution in [0.5, 0.6) is 0 Å². The van der Waals surface area contributed by atoms with Gasteiger partial charge in [0.2, 0.25) is 0 Å². The predicted molar refractivity (Wildman–Crippen MR) is 66.7 cm³/mol. The Kier molecular flexibility index (Phi) is 4.59. The molecular weight excluding hydrogens is 216 g/mol. The number of furan rings is 1. The summed E-state index contributed by atoms with van der Waals surface area (Å²) in [6.07, 6.45) is 3.69. The largest absolute Gasteiger partial charge is 0.468 e. The van der Waals surface area contributed by atoms with Gasteiger partial charge in [-0.05, 0) is 38.4 Å². The quantitative estimate of drug-likeness (QED) is 0.828. The summed E-state index contributed by atoms with van der Waals surface area (Å²) in [5.41, 5.74) is 0. The highest BCUT2D eigenvalue weighted by Gasteiger charge is 2.23. The van der Waals surface area contributed by atoms with Gasteiger partial charge in [-0.3, -0.25) is 4.90 Å². The van der Waals surface area contributed by atoms with E-state index in [0.717, 1.165) is 38.2 Å². The molecule has 2 heterocycles. The number of hydrogen-bond acceptors (Lipinski definition) is 4. The summed E-state index contributed by atoms with van der Waals surface area (Å²) in [7, 11) is 0. The fraction of sp³-hybridized carbons (Fsp3) is 0.692. The standard InChI is InChI=1S/C13H22N2O2/c1-11-4-6-14-12(5-7-16)9-15(11)10-13-3-2-8-17-13/h2-3,8,11-12,14,16H,4-7,9-10H2,1H3. The van der Waals surface area contributed by atoms with E-state index in [0.29, 0.717) is 12.1 Å². The van der Waals surface area contributed by atoms with Crippen LogP contribution in [0.2, 0.25) is 0 Å². The topological polar surface area (TPSA) is 48.6 Å². The zero-order valence-corrected chi connectivity index (χ0v) is 10.4. The Morgan fingerprint density at radius 3 is 3.18 bits per heavy atom. The van der Waals surface area contributed by atoms with Gasteiger partial charge in [-0.15, -0.1) is 0 Å². The average molecular weight is 238 g/mol. The van der Waals surface area contributed by atoms with Crippen LogP contribution in [0.15, 0.2) is 22.8 Å². The van der Waals surface area contributed by atoms with Crippen LogP contribution in [0.1, 0.15) is 25.5 Å². The average Bonchev–Trinajstić information content (AvgIpc) is 2.74. The van der Waals surface area contributed by atoms with Crippen LogP contribution in [0.3, 0.4) is 0 Å². The van der Waals surface area contributed by atoms with E-state index < -0.39 is 0 Å². The minimum atomic E-state index is 0.251. The highest BCUT2D eigenvalue weighted by molar-refractivity contribution is 4.99. The molecule has 0 aliphatic carbocycles. The second-order valence-electron chi connectivity index (χ2n) is 4.81. The molecule has 1 aliphatic heterocycles. The summed E-state index contributed by atoms with van der Waals surface area (Å²) in [5.74, 6) is 1.02. The maximum absolute atomic E-state index is 9.04. The predicted octanol–water partition coefficient (Wildman–Crippen LogP) is 1.21. The van der Waals surface area contributed by atoms with Gasteiger partial charge < -0.3 is 14.8 Å². The van der Waals surface area contributed by atoms with Crippen molar-refractivity contribution in [3.05, 3.63) is 24.2 Å². The zero-order chi connectivity index (χ0) is 12.1. The van der Waals surface area contributed by atoms with E-state index in [1.165, 1.54) is 0 Å². The Bertz CT molecular complexity index is 313. The van der Waals surface area contributed by atoms with Crippen LogP contribution in [0, 0.1) is 0 Å². The van der Waals surface area contributed by atoms with Crippen molar-refractivity contribution in [2.45, 2.75) is 38.4 Å². The van der Waals surface area contributed by atoms with Crippen molar-refractivity contribution in [1.29, 1.82) is 0 Å². The van der Waals surface area contributed by atoms with Gasteiger partial charge in [0.15, 0.2) is 0 Å². The van der Waals surface area contributed by atoms with Crippen molar-refractivity contribution in [3.8, 4) is 0 Å². The molecule has 17 heavy (non-hydrogen) atoms. The molecule has 2 unspecified atom stereocenters. The maximum atomic E-state index is 9.04. The molecule has 0 aromatic carbocycles. The lowest BCUT2D eigenvalue weighted by atomic mass is 10.2. The molecule has 96 valence electrons. The highest BCUT2D eigenvalue weighted by Crippen LogP contribution is 2.15. The molecule has 0 bridgehead atoms. The minimum absolute atomic E-state index is 0.251. The van der Waals surface area contributed by atoms with Crippen molar-refractivity contribution in [2.24, 2.45) is 0 Å². The molecule has 2 atom stereocenters.